The molecule has 0 radical (unpaired) electrons. The van der Waals surface area contributed by atoms with E-state index in [2.05, 4.69) is 12.7 Å². The summed E-state index contributed by atoms with van der Waals surface area (Å²) >= 11 is 0. The van der Waals surface area contributed by atoms with Crippen molar-refractivity contribution in [3.63, 3.8) is 0 Å². The van der Waals surface area contributed by atoms with Crippen LogP contribution in [0.5, 0.6) is 0 Å². The summed E-state index contributed by atoms with van der Waals surface area (Å²) < 4.78 is 0. The molecule has 1 rings (SSSR count). The molecule has 16 heavy (non-hydrogen) atoms. The van der Waals surface area contributed by atoms with E-state index in [1.807, 2.05) is 0 Å². The summed E-state index contributed by atoms with van der Waals surface area (Å²) in [5, 5.41) is 8.95. The van der Waals surface area contributed by atoms with Crippen LogP contribution >= 0.6 is 0 Å². The lowest BCUT2D eigenvalue weighted by Crippen LogP contribution is -3.00. The molecule has 1 aliphatic rings. The third kappa shape index (κ3) is 4.30. The molecule has 0 aromatic rings. The van der Waals surface area contributed by atoms with Crippen molar-refractivity contribution in [2.24, 2.45) is 11.3 Å². The second kappa shape index (κ2) is 7.13. The van der Waals surface area contributed by atoms with Gasteiger partial charge in [-0.25, -0.2) is 0 Å². The zero-order valence-corrected chi connectivity index (χ0v) is 10.9. The van der Waals surface area contributed by atoms with Gasteiger partial charge in [0.05, 0.1) is 13.0 Å². The van der Waals surface area contributed by atoms with E-state index in [1.54, 1.807) is 0 Å². The molecule has 0 heterocycles. The molecular weight excluding hydrogens is 226 g/mol. The molecule has 4 heteroatoms. The highest BCUT2D eigenvalue weighted by Crippen LogP contribution is 2.42. The van der Waals surface area contributed by atoms with Crippen LogP contribution in [0.3, 0.4) is 0 Å². The van der Waals surface area contributed by atoms with Crippen molar-refractivity contribution in [2.45, 2.75) is 51.9 Å². The van der Waals surface area contributed by atoms with Gasteiger partial charge in [0.25, 0.3) is 0 Å². The zero-order chi connectivity index (χ0) is 11.3. The third-order valence-electron chi connectivity index (χ3n) is 3.79. The van der Waals surface area contributed by atoms with E-state index in [9.17, 15) is 4.79 Å². The molecule has 0 aromatic carbocycles. The molecule has 3 nitrogen and oxygen atoms in total. The average molecular weight is 250 g/mol. The summed E-state index contributed by atoms with van der Waals surface area (Å²) in [5.41, 5.74) is 3.97. The Morgan fingerprint density at radius 3 is 2.75 bits per heavy atom. The number of hydrogen-bond donors (Lipinski definition) is 2. The predicted octanol–water partition coefficient (Wildman–Crippen LogP) is -1.32. The third-order valence-corrected chi connectivity index (χ3v) is 3.79. The Balaban J connectivity index is 0.00000225. The summed E-state index contributed by atoms with van der Waals surface area (Å²) in [4.78, 5) is 10.9. The molecule has 2 atom stereocenters. The minimum atomic E-state index is -0.657. The van der Waals surface area contributed by atoms with E-state index in [0.717, 1.165) is 25.3 Å². The van der Waals surface area contributed by atoms with E-state index >= 15 is 0 Å². The lowest BCUT2D eigenvalue weighted by Gasteiger charge is -2.37. The number of halogens is 1. The quantitative estimate of drug-likeness (QED) is 0.635. The van der Waals surface area contributed by atoms with Crippen molar-refractivity contribution in [1.29, 1.82) is 0 Å². The van der Waals surface area contributed by atoms with Crippen molar-refractivity contribution in [3.8, 4) is 0 Å². The normalized spacial score (nSPS) is 29.5. The maximum absolute atomic E-state index is 10.9. The first-order valence-electron chi connectivity index (χ1n) is 6.13. The molecular formula is C12H24ClNO2. The second-order valence-corrected chi connectivity index (χ2v) is 5.07. The summed E-state index contributed by atoms with van der Waals surface area (Å²) in [7, 11) is 0. The van der Waals surface area contributed by atoms with Crippen LogP contribution in [0.15, 0.2) is 0 Å². The van der Waals surface area contributed by atoms with E-state index in [1.165, 1.54) is 25.7 Å². The van der Waals surface area contributed by atoms with Crippen LogP contribution in [-0.2, 0) is 4.79 Å². The van der Waals surface area contributed by atoms with E-state index in [-0.39, 0.29) is 17.8 Å². The van der Waals surface area contributed by atoms with Crippen LogP contribution in [0.25, 0.3) is 0 Å². The summed E-state index contributed by atoms with van der Waals surface area (Å²) in [6.45, 7) is 2.98. The number of quaternary nitrogens is 1. The molecule has 4 N–H and O–H groups in total. The van der Waals surface area contributed by atoms with Crippen molar-refractivity contribution in [2.75, 3.05) is 6.54 Å². The highest BCUT2D eigenvalue weighted by atomic mass is 35.5. The van der Waals surface area contributed by atoms with Gasteiger partial charge in [0.15, 0.2) is 0 Å². The monoisotopic (exact) mass is 249 g/mol. The molecule has 0 amide bonds. The van der Waals surface area contributed by atoms with Crippen molar-refractivity contribution in [1.82, 2.24) is 0 Å². The van der Waals surface area contributed by atoms with Gasteiger partial charge in [0, 0.05) is 5.41 Å². The Hall–Kier alpha value is -0.280. The van der Waals surface area contributed by atoms with Gasteiger partial charge >= 0.3 is 5.97 Å². The number of carboxylic acids is 1. The number of carbonyl (C=O) groups is 1. The topological polar surface area (TPSA) is 64.9 Å². The Kier molecular flexibility index (Phi) is 7.00. The van der Waals surface area contributed by atoms with Gasteiger partial charge < -0.3 is 23.2 Å². The predicted molar refractivity (Wildman–Crippen MR) is 59.3 cm³/mol. The van der Waals surface area contributed by atoms with Crippen LogP contribution < -0.4 is 18.1 Å². The minimum Gasteiger partial charge on any atom is -1.00 e. The first-order valence-corrected chi connectivity index (χ1v) is 6.13. The molecule has 1 saturated carbocycles. The Morgan fingerprint density at radius 2 is 2.25 bits per heavy atom. The number of hydrogen-bond acceptors (Lipinski definition) is 1. The van der Waals surface area contributed by atoms with Crippen LogP contribution in [-0.4, -0.2) is 17.6 Å². The smallest absolute Gasteiger partial charge is 0.304 e. The fourth-order valence-corrected chi connectivity index (χ4v) is 3.03. The summed E-state index contributed by atoms with van der Waals surface area (Å²) in [6, 6.07) is 0. The molecule has 0 bridgehead atoms. The van der Waals surface area contributed by atoms with Crippen molar-refractivity contribution >= 4 is 5.97 Å². The molecule has 0 aromatic heterocycles. The first-order chi connectivity index (χ1) is 7.12. The largest absolute Gasteiger partial charge is 1.00 e. The maximum Gasteiger partial charge on any atom is 0.304 e. The molecule has 0 saturated heterocycles. The highest BCUT2D eigenvalue weighted by molar-refractivity contribution is 5.67. The summed E-state index contributed by atoms with van der Waals surface area (Å²) in [5.74, 6) is 0.0839. The van der Waals surface area contributed by atoms with E-state index < -0.39 is 5.97 Å². The van der Waals surface area contributed by atoms with Crippen LogP contribution in [0.2, 0.25) is 0 Å². The Morgan fingerprint density at radius 1 is 1.56 bits per heavy atom. The molecule has 1 aliphatic carbocycles. The van der Waals surface area contributed by atoms with E-state index in [0.29, 0.717) is 6.42 Å². The number of aliphatic carboxylic acids is 1. The van der Waals surface area contributed by atoms with Gasteiger partial charge in [-0.3, -0.25) is 4.79 Å². The Labute approximate surface area is 104 Å². The van der Waals surface area contributed by atoms with Gasteiger partial charge in [-0.05, 0) is 18.8 Å². The highest BCUT2D eigenvalue weighted by Gasteiger charge is 2.38. The minimum absolute atomic E-state index is 0. The van der Waals surface area contributed by atoms with Gasteiger partial charge in [-0.1, -0.05) is 32.6 Å². The maximum atomic E-state index is 10.9. The fourth-order valence-electron chi connectivity index (χ4n) is 3.03. The van der Waals surface area contributed by atoms with Gasteiger partial charge in [-0.2, -0.15) is 0 Å². The lowest BCUT2D eigenvalue weighted by molar-refractivity contribution is -0.396. The number of carboxylic acid groups (broad SMARTS) is 1. The van der Waals surface area contributed by atoms with Gasteiger partial charge in [0.1, 0.15) is 0 Å². The molecule has 1 fully saturated rings. The second-order valence-electron chi connectivity index (χ2n) is 5.07. The molecule has 0 unspecified atom stereocenters. The number of rotatable bonds is 5. The fraction of sp³-hybridized carbons (Fsp3) is 0.917. The molecule has 96 valence electrons. The Bertz CT molecular complexity index is 221. The molecule has 0 aliphatic heterocycles. The van der Waals surface area contributed by atoms with Crippen LogP contribution in [0.1, 0.15) is 51.9 Å². The van der Waals surface area contributed by atoms with Crippen molar-refractivity contribution in [3.05, 3.63) is 0 Å². The standard InChI is InChI=1S/C12H23NO2.ClH/c1-2-4-10-5-3-6-12(7-10,9-13)8-11(14)15;/h10H,2-9,13H2,1H3,(H,14,15);1H/t10-,12+;/m0./s1. The SMILES string of the molecule is CCC[C@H]1CCC[C@](C[NH3+])(CC(=O)O)C1.[Cl-]. The van der Waals surface area contributed by atoms with Crippen LogP contribution in [0, 0.1) is 11.3 Å². The van der Waals surface area contributed by atoms with Crippen molar-refractivity contribution < 1.29 is 28.0 Å². The van der Waals surface area contributed by atoms with Crippen LogP contribution in [0.4, 0.5) is 0 Å². The zero-order valence-electron chi connectivity index (χ0n) is 10.2. The average Bonchev–Trinajstić information content (AvgIpc) is 2.18. The lowest BCUT2D eigenvalue weighted by atomic mass is 9.67. The van der Waals surface area contributed by atoms with E-state index in [4.69, 9.17) is 5.11 Å². The van der Waals surface area contributed by atoms with Gasteiger partial charge in [-0.15, -0.1) is 0 Å². The first kappa shape index (κ1) is 15.7. The summed E-state index contributed by atoms with van der Waals surface area (Å²) in [6.07, 6.45) is 7.39. The van der Waals surface area contributed by atoms with Gasteiger partial charge in [0.2, 0.25) is 0 Å². The molecule has 0 spiro atoms.